The molecular weight excluding hydrogens is 364 g/mol. The summed E-state index contributed by atoms with van der Waals surface area (Å²) >= 11 is 3.20. The number of aliphatic imine (C=N–C) groups is 1. The number of aliphatic carboxylic acids is 1. The van der Waals surface area contributed by atoms with Gasteiger partial charge in [-0.25, -0.2) is 9.79 Å². The normalized spacial score (nSPS) is 12.1. The van der Waals surface area contributed by atoms with Crippen molar-refractivity contribution in [1.82, 2.24) is 4.90 Å². The lowest BCUT2D eigenvalue weighted by molar-refractivity contribution is -0.130. The van der Waals surface area contributed by atoms with Crippen LogP contribution in [0.15, 0.2) is 65.8 Å². The topological polar surface area (TPSA) is 52.9 Å². The van der Waals surface area contributed by atoms with Crippen molar-refractivity contribution in [2.75, 3.05) is 20.4 Å². The summed E-state index contributed by atoms with van der Waals surface area (Å²) in [5.74, 6) is -0.278. The molecule has 0 fully saturated rings. The Morgan fingerprint density at radius 3 is 2.38 bits per heavy atom. The molecule has 1 N–H and O–H groups in total. The van der Waals surface area contributed by atoms with Crippen LogP contribution in [0.1, 0.15) is 11.1 Å². The minimum Gasteiger partial charge on any atom is -0.478 e. The molecule has 0 bridgehead atoms. The molecule has 0 amide bonds. The van der Waals surface area contributed by atoms with Gasteiger partial charge < -0.3 is 10.0 Å². The Balaban J connectivity index is 2.25. The van der Waals surface area contributed by atoms with Crippen LogP contribution in [0.5, 0.6) is 0 Å². The summed E-state index contributed by atoms with van der Waals surface area (Å²) in [6.07, 6.45) is 3.63. The molecule has 2 rings (SSSR count). The molecule has 0 saturated carbocycles. The van der Waals surface area contributed by atoms with Crippen molar-refractivity contribution in [3.05, 3.63) is 71.9 Å². The summed E-state index contributed by atoms with van der Waals surface area (Å²) in [4.78, 5) is 18.1. The van der Waals surface area contributed by atoms with Gasteiger partial charge in [0.05, 0.1) is 11.3 Å². The molecule has 136 valence electrons. The summed E-state index contributed by atoms with van der Waals surface area (Å²) in [6, 6.07) is 17.4. The van der Waals surface area contributed by atoms with Crippen LogP contribution in [0, 0.1) is 0 Å². The first-order valence-corrected chi connectivity index (χ1v) is 10.2. The summed E-state index contributed by atoms with van der Waals surface area (Å²) < 4.78 is 0.944. The summed E-state index contributed by atoms with van der Waals surface area (Å²) in [5.41, 5.74) is 2.91. The maximum absolute atomic E-state index is 11.7. The number of carbonyl (C=O) groups is 1. The molecule has 2 aromatic carbocycles. The highest BCUT2D eigenvalue weighted by atomic mass is 32.2. The Labute approximate surface area is 163 Å². The van der Waals surface area contributed by atoms with E-state index in [1.165, 1.54) is 0 Å². The Kier molecular flexibility index (Phi) is 7.81. The zero-order chi connectivity index (χ0) is 18.9. The molecule has 0 atom stereocenters. The van der Waals surface area contributed by atoms with Gasteiger partial charge in [0.25, 0.3) is 0 Å². The van der Waals surface area contributed by atoms with Gasteiger partial charge in [0.2, 0.25) is 0 Å². The highest BCUT2D eigenvalue weighted by molar-refractivity contribution is 8.38. The molecule has 0 saturated heterocycles. The van der Waals surface area contributed by atoms with Gasteiger partial charge in [-0.1, -0.05) is 54.2 Å². The molecular formula is C20H22N2O2S2. The number of nitrogens with zero attached hydrogens (tertiary/aromatic N) is 2. The number of carboxylic acid groups (broad SMARTS) is 1. The van der Waals surface area contributed by atoms with Crippen molar-refractivity contribution in [2.45, 2.75) is 5.75 Å². The third kappa shape index (κ3) is 5.97. The van der Waals surface area contributed by atoms with Gasteiger partial charge in [-0.3, -0.25) is 0 Å². The molecule has 0 aliphatic heterocycles. The molecule has 0 spiro atoms. The number of para-hydroxylation sites is 1. The fourth-order valence-electron chi connectivity index (χ4n) is 2.29. The Morgan fingerprint density at radius 1 is 1.12 bits per heavy atom. The van der Waals surface area contributed by atoms with E-state index < -0.39 is 5.97 Å². The fraction of sp³-hybridized carbons (Fsp3) is 0.200. The molecule has 0 aromatic heterocycles. The summed E-state index contributed by atoms with van der Waals surface area (Å²) in [7, 11) is 3.64. The first-order chi connectivity index (χ1) is 12.5. The Bertz CT molecular complexity index is 802. The highest BCUT2D eigenvalue weighted by Crippen LogP contribution is 2.28. The predicted octanol–water partition coefficient (Wildman–Crippen LogP) is 4.96. The summed E-state index contributed by atoms with van der Waals surface area (Å²) in [6.45, 7) is 0. The van der Waals surface area contributed by atoms with Crippen LogP contribution in [-0.4, -0.2) is 40.7 Å². The zero-order valence-electron chi connectivity index (χ0n) is 15.0. The van der Waals surface area contributed by atoms with E-state index in [-0.39, 0.29) is 5.57 Å². The van der Waals surface area contributed by atoms with Crippen LogP contribution in [0.2, 0.25) is 0 Å². The molecule has 0 unspecified atom stereocenters. The van der Waals surface area contributed by atoms with Crippen molar-refractivity contribution in [3.8, 4) is 0 Å². The smallest absolute Gasteiger partial charge is 0.337 e. The van der Waals surface area contributed by atoms with E-state index in [1.54, 1.807) is 34.6 Å². The molecule has 0 radical (unpaired) electrons. The average molecular weight is 387 g/mol. The lowest BCUT2D eigenvalue weighted by Gasteiger charge is -2.13. The molecule has 2 aromatic rings. The predicted molar refractivity (Wildman–Crippen MR) is 114 cm³/mol. The molecule has 0 aliphatic rings. The second kappa shape index (κ2) is 10.1. The number of carboxylic acids is 1. The Hall–Kier alpha value is -2.18. The number of hydrogen-bond acceptors (Lipinski definition) is 5. The molecule has 6 heteroatoms. The number of thioether (sulfide) groups is 2. The second-order valence-electron chi connectivity index (χ2n) is 5.67. The maximum atomic E-state index is 11.7. The van der Waals surface area contributed by atoms with E-state index in [1.807, 2.05) is 74.9 Å². The lowest BCUT2D eigenvalue weighted by Crippen LogP contribution is -2.09. The average Bonchev–Trinajstić information content (AvgIpc) is 2.64. The quantitative estimate of drug-likeness (QED) is 0.432. The molecule has 4 nitrogen and oxygen atoms in total. The second-order valence-corrected chi connectivity index (χ2v) is 7.69. The van der Waals surface area contributed by atoms with Crippen molar-refractivity contribution < 1.29 is 9.90 Å². The van der Waals surface area contributed by atoms with Crippen molar-refractivity contribution in [2.24, 2.45) is 4.99 Å². The largest absolute Gasteiger partial charge is 0.478 e. The standard InChI is InChI=1S/C20H22N2O2S2/c1-22(2)13-18(19(23)24)17-12-8-7-9-15(17)14-26-20(25-3)21-16-10-5-4-6-11-16/h4-13H,14H2,1-3H3,(H,23,24)/b18-13+,21-20?. The van der Waals surface area contributed by atoms with E-state index in [4.69, 9.17) is 0 Å². The minimum atomic E-state index is -0.931. The zero-order valence-corrected chi connectivity index (χ0v) is 16.7. The highest BCUT2D eigenvalue weighted by Gasteiger charge is 2.15. The maximum Gasteiger partial charge on any atom is 0.337 e. The van der Waals surface area contributed by atoms with E-state index in [9.17, 15) is 9.90 Å². The number of hydrogen-bond donors (Lipinski definition) is 1. The van der Waals surface area contributed by atoms with Crippen LogP contribution in [-0.2, 0) is 10.5 Å². The number of benzene rings is 2. The van der Waals surface area contributed by atoms with E-state index in [0.717, 1.165) is 21.2 Å². The van der Waals surface area contributed by atoms with E-state index in [2.05, 4.69) is 4.99 Å². The van der Waals surface area contributed by atoms with Gasteiger partial charge in [-0.05, 0) is 29.5 Å². The first-order valence-electron chi connectivity index (χ1n) is 8.01. The van der Waals surface area contributed by atoms with Crippen molar-refractivity contribution in [1.29, 1.82) is 0 Å². The third-order valence-corrected chi connectivity index (χ3v) is 5.52. The van der Waals surface area contributed by atoms with Crippen LogP contribution in [0.4, 0.5) is 5.69 Å². The third-order valence-electron chi connectivity index (χ3n) is 3.43. The van der Waals surface area contributed by atoms with Crippen molar-refractivity contribution >= 4 is 45.1 Å². The van der Waals surface area contributed by atoms with E-state index in [0.29, 0.717) is 5.75 Å². The van der Waals surface area contributed by atoms with Crippen LogP contribution in [0.25, 0.3) is 5.57 Å². The molecule has 26 heavy (non-hydrogen) atoms. The van der Waals surface area contributed by atoms with Crippen LogP contribution in [0.3, 0.4) is 0 Å². The number of rotatable bonds is 6. The molecule has 0 aliphatic carbocycles. The summed E-state index contributed by atoms with van der Waals surface area (Å²) in [5, 5.41) is 9.59. The van der Waals surface area contributed by atoms with E-state index >= 15 is 0 Å². The van der Waals surface area contributed by atoms with Gasteiger partial charge in [-0.15, -0.1) is 11.8 Å². The van der Waals surface area contributed by atoms with Gasteiger partial charge in [0, 0.05) is 26.0 Å². The van der Waals surface area contributed by atoms with Crippen LogP contribution < -0.4 is 0 Å². The molecule has 0 heterocycles. The van der Waals surface area contributed by atoms with Crippen LogP contribution >= 0.6 is 23.5 Å². The SMILES string of the molecule is CSC(=Nc1ccccc1)SCc1ccccc1/C(=C\N(C)C)C(=O)O. The van der Waals surface area contributed by atoms with Gasteiger partial charge in [0.1, 0.15) is 4.38 Å². The lowest BCUT2D eigenvalue weighted by atomic mass is 10.0. The fourth-order valence-corrected chi connectivity index (χ4v) is 3.84. The minimum absolute atomic E-state index is 0.289. The monoisotopic (exact) mass is 386 g/mol. The van der Waals surface area contributed by atoms with Gasteiger partial charge in [0.15, 0.2) is 0 Å². The van der Waals surface area contributed by atoms with Gasteiger partial charge >= 0.3 is 5.97 Å². The van der Waals surface area contributed by atoms with Gasteiger partial charge in [-0.2, -0.15) is 0 Å². The van der Waals surface area contributed by atoms with Crippen molar-refractivity contribution in [3.63, 3.8) is 0 Å². The Morgan fingerprint density at radius 2 is 1.77 bits per heavy atom. The first kappa shape index (κ1) is 20.1.